The summed E-state index contributed by atoms with van der Waals surface area (Å²) in [6.45, 7) is 11.8. The Balaban J connectivity index is 2.38. The molecular weight excluding hydrogens is 296 g/mol. The molecule has 1 aliphatic heterocycles. The predicted octanol–water partition coefficient (Wildman–Crippen LogP) is 1.96. The summed E-state index contributed by atoms with van der Waals surface area (Å²) in [6, 6.07) is 0. The van der Waals surface area contributed by atoms with E-state index in [1.807, 2.05) is 27.7 Å². The van der Waals surface area contributed by atoms with E-state index in [1.165, 1.54) is 0 Å². The van der Waals surface area contributed by atoms with Crippen LogP contribution in [0.2, 0.25) is 0 Å². The van der Waals surface area contributed by atoms with Crippen LogP contribution in [0.25, 0.3) is 0 Å². The van der Waals surface area contributed by atoms with Crippen LogP contribution in [-0.2, 0) is 9.47 Å². The van der Waals surface area contributed by atoms with Crippen LogP contribution in [0.3, 0.4) is 0 Å². The molecule has 0 aliphatic carbocycles. The Kier molecular flexibility index (Phi) is 8.29. The van der Waals surface area contributed by atoms with Crippen molar-refractivity contribution in [3.8, 4) is 0 Å². The Morgan fingerprint density at radius 3 is 2.74 bits per heavy atom. The van der Waals surface area contributed by atoms with Crippen molar-refractivity contribution >= 4 is 6.09 Å². The molecule has 2 atom stereocenters. The molecule has 0 spiro atoms. The number of amides is 1. The molecule has 1 heterocycles. The van der Waals surface area contributed by atoms with E-state index in [2.05, 4.69) is 4.90 Å². The van der Waals surface area contributed by atoms with E-state index in [0.717, 1.165) is 25.9 Å². The third kappa shape index (κ3) is 8.53. The fraction of sp³-hybridized carbons (Fsp3) is 0.941. The van der Waals surface area contributed by atoms with Crippen LogP contribution in [0.4, 0.5) is 4.79 Å². The molecule has 23 heavy (non-hydrogen) atoms. The van der Waals surface area contributed by atoms with Crippen LogP contribution < -0.4 is 0 Å². The standard InChI is InChI=1S/C17H34N2O4/c1-6-22-13-15(20)12-19-9-7-8-14(11-19)10-18(5)16(21)23-17(2,3)4/h14-15,20H,6-13H2,1-5H3. The van der Waals surface area contributed by atoms with Gasteiger partial charge in [-0.3, -0.25) is 0 Å². The van der Waals surface area contributed by atoms with Gasteiger partial charge in [0.25, 0.3) is 0 Å². The average molecular weight is 330 g/mol. The number of piperidine rings is 1. The highest BCUT2D eigenvalue weighted by atomic mass is 16.6. The summed E-state index contributed by atoms with van der Waals surface area (Å²) >= 11 is 0. The molecule has 1 saturated heterocycles. The van der Waals surface area contributed by atoms with Gasteiger partial charge in [-0.2, -0.15) is 0 Å². The van der Waals surface area contributed by atoms with Gasteiger partial charge in [-0.15, -0.1) is 0 Å². The van der Waals surface area contributed by atoms with Crippen molar-refractivity contribution < 1.29 is 19.4 Å². The maximum atomic E-state index is 12.0. The average Bonchev–Trinajstić information content (AvgIpc) is 2.43. The normalized spacial score (nSPS) is 21.0. The summed E-state index contributed by atoms with van der Waals surface area (Å²) in [7, 11) is 1.79. The molecule has 2 unspecified atom stereocenters. The lowest BCUT2D eigenvalue weighted by atomic mass is 9.97. The molecule has 1 fully saturated rings. The molecule has 0 saturated carbocycles. The minimum atomic E-state index is -0.465. The van der Waals surface area contributed by atoms with Crippen LogP contribution >= 0.6 is 0 Å². The Hall–Kier alpha value is -0.850. The van der Waals surface area contributed by atoms with Gasteiger partial charge in [0.2, 0.25) is 0 Å². The molecule has 1 amide bonds. The van der Waals surface area contributed by atoms with Crippen molar-refractivity contribution in [2.75, 3.05) is 46.4 Å². The quantitative estimate of drug-likeness (QED) is 0.773. The summed E-state index contributed by atoms with van der Waals surface area (Å²) < 4.78 is 10.7. The van der Waals surface area contributed by atoms with E-state index in [9.17, 15) is 9.90 Å². The van der Waals surface area contributed by atoms with E-state index in [1.54, 1.807) is 11.9 Å². The first-order valence-corrected chi connectivity index (χ1v) is 8.63. The first kappa shape index (κ1) is 20.2. The molecule has 0 radical (unpaired) electrons. The summed E-state index contributed by atoms with van der Waals surface area (Å²) in [6.07, 6.45) is 1.47. The molecular formula is C17H34N2O4. The number of hydrogen-bond donors (Lipinski definition) is 1. The number of aliphatic hydroxyl groups excluding tert-OH is 1. The third-order valence-corrected chi connectivity index (χ3v) is 3.82. The summed E-state index contributed by atoms with van der Waals surface area (Å²) in [5.41, 5.74) is -0.465. The largest absolute Gasteiger partial charge is 0.444 e. The molecule has 0 aromatic heterocycles. The molecule has 1 rings (SSSR count). The van der Waals surface area contributed by atoms with E-state index >= 15 is 0 Å². The number of likely N-dealkylation sites (tertiary alicyclic amines) is 1. The zero-order valence-corrected chi connectivity index (χ0v) is 15.4. The summed E-state index contributed by atoms with van der Waals surface area (Å²) in [4.78, 5) is 16.0. The van der Waals surface area contributed by atoms with Gasteiger partial charge in [-0.25, -0.2) is 4.79 Å². The molecule has 0 aromatic rings. The third-order valence-electron chi connectivity index (χ3n) is 3.82. The lowest BCUT2D eigenvalue weighted by molar-refractivity contribution is 0.00708. The number of nitrogens with zero attached hydrogens (tertiary/aromatic N) is 2. The molecule has 1 N–H and O–H groups in total. The number of carbonyl (C=O) groups is 1. The van der Waals surface area contributed by atoms with Gasteiger partial charge in [0.1, 0.15) is 5.60 Å². The lowest BCUT2D eigenvalue weighted by Gasteiger charge is -2.35. The molecule has 136 valence electrons. The zero-order valence-electron chi connectivity index (χ0n) is 15.4. The molecule has 6 heteroatoms. The van der Waals surface area contributed by atoms with Gasteiger partial charge in [0, 0.05) is 33.3 Å². The van der Waals surface area contributed by atoms with Crippen LogP contribution in [0, 0.1) is 5.92 Å². The fourth-order valence-corrected chi connectivity index (χ4v) is 2.87. The van der Waals surface area contributed by atoms with E-state index < -0.39 is 11.7 Å². The monoisotopic (exact) mass is 330 g/mol. The van der Waals surface area contributed by atoms with Crippen LogP contribution in [0.5, 0.6) is 0 Å². The number of ether oxygens (including phenoxy) is 2. The summed E-state index contributed by atoms with van der Waals surface area (Å²) in [5, 5.41) is 9.97. The van der Waals surface area contributed by atoms with Crippen molar-refractivity contribution in [1.29, 1.82) is 0 Å². The second-order valence-corrected chi connectivity index (χ2v) is 7.44. The second kappa shape index (κ2) is 9.45. The smallest absolute Gasteiger partial charge is 0.410 e. The highest BCUT2D eigenvalue weighted by Crippen LogP contribution is 2.18. The Morgan fingerprint density at radius 2 is 2.13 bits per heavy atom. The fourth-order valence-electron chi connectivity index (χ4n) is 2.87. The Bertz CT molecular complexity index is 357. The van der Waals surface area contributed by atoms with Gasteiger partial charge < -0.3 is 24.4 Å². The van der Waals surface area contributed by atoms with Gasteiger partial charge in [-0.05, 0) is 53.0 Å². The van der Waals surface area contributed by atoms with Crippen LogP contribution in [-0.4, -0.2) is 79.1 Å². The van der Waals surface area contributed by atoms with E-state index in [-0.39, 0.29) is 6.09 Å². The maximum absolute atomic E-state index is 12.0. The molecule has 6 nitrogen and oxygen atoms in total. The number of β-amino-alcohol motifs (C(OH)–C–C–N with tert-alkyl or cyclic N) is 1. The molecule has 0 bridgehead atoms. The number of rotatable bonds is 7. The van der Waals surface area contributed by atoms with Crippen molar-refractivity contribution in [2.45, 2.75) is 52.2 Å². The maximum Gasteiger partial charge on any atom is 0.410 e. The lowest BCUT2D eigenvalue weighted by Crippen LogP contribution is -2.45. The van der Waals surface area contributed by atoms with Gasteiger partial charge in [0.05, 0.1) is 12.7 Å². The topological polar surface area (TPSA) is 62.2 Å². The first-order chi connectivity index (χ1) is 10.7. The van der Waals surface area contributed by atoms with Gasteiger partial charge in [-0.1, -0.05) is 0 Å². The number of aliphatic hydroxyl groups is 1. The minimum Gasteiger partial charge on any atom is -0.444 e. The Morgan fingerprint density at radius 1 is 1.43 bits per heavy atom. The predicted molar refractivity (Wildman–Crippen MR) is 90.5 cm³/mol. The minimum absolute atomic E-state index is 0.272. The molecule has 1 aliphatic rings. The number of carbonyl (C=O) groups excluding carboxylic acids is 1. The second-order valence-electron chi connectivity index (χ2n) is 7.44. The number of hydrogen-bond acceptors (Lipinski definition) is 5. The van der Waals surface area contributed by atoms with Crippen molar-refractivity contribution in [3.63, 3.8) is 0 Å². The molecule has 0 aromatic carbocycles. The van der Waals surface area contributed by atoms with E-state index in [0.29, 0.717) is 32.2 Å². The summed E-state index contributed by atoms with van der Waals surface area (Å²) in [5.74, 6) is 0.417. The van der Waals surface area contributed by atoms with Crippen molar-refractivity contribution in [2.24, 2.45) is 5.92 Å². The van der Waals surface area contributed by atoms with Crippen molar-refractivity contribution in [1.82, 2.24) is 9.80 Å². The highest BCUT2D eigenvalue weighted by molar-refractivity contribution is 5.67. The van der Waals surface area contributed by atoms with Gasteiger partial charge in [0.15, 0.2) is 0 Å². The van der Waals surface area contributed by atoms with Crippen molar-refractivity contribution in [3.05, 3.63) is 0 Å². The Labute approximate surface area is 140 Å². The highest BCUT2D eigenvalue weighted by Gasteiger charge is 2.26. The zero-order chi connectivity index (χ0) is 17.5. The van der Waals surface area contributed by atoms with Crippen LogP contribution in [0.15, 0.2) is 0 Å². The van der Waals surface area contributed by atoms with Crippen LogP contribution in [0.1, 0.15) is 40.5 Å². The van der Waals surface area contributed by atoms with Gasteiger partial charge >= 0.3 is 6.09 Å². The first-order valence-electron chi connectivity index (χ1n) is 8.63. The SMILES string of the molecule is CCOCC(O)CN1CCCC(CN(C)C(=O)OC(C)(C)C)C1. The van der Waals surface area contributed by atoms with E-state index in [4.69, 9.17) is 9.47 Å².